The Morgan fingerprint density at radius 1 is 1.30 bits per heavy atom. The van der Waals surface area contributed by atoms with Crippen molar-refractivity contribution in [2.45, 2.75) is 4.90 Å². The highest BCUT2D eigenvalue weighted by atomic mass is 32.2. The van der Waals surface area contributed by atoms with E-state index in [-0.39, 0.29) is 29.4 Å². The molecule has 0 heterocycles. The molecule has 112 valence electrons. The molecular weight excluding hydrogens is 288 g/mol. The number of sulfone groups is 1. The van der Waals surface area contributed by atoms with Gasteiger partial charge >= 0.3 is 0 Å². The number of aliphatic hydroxyl groups is 2. The van der Waals surface area contributed by atoms with Crippen LogP contribution in [-0.4, -0.2) is 56.1 Å². The lowest BCUT2D eigenvalue weighted by molar-refractivity contribution is -0.385. The molecule has 0 aliphatic carbocycles. The van der Waals surface area contributed by atoms with Gasteiger partial charge < -0.3 is 15.1 Å². The van der Waals surface area contributed by atoms with Crippen molar-refractivity contribution in [1.82, 2.24) is 0 Å². The highest BCUT2D eigenvalue weighted by Crippen LogP contribution is 2.29. The smallest absolute Gasteiger partial charge is 0.270 e. The van der Waals surface area contributed by atoms with Crippen LogP contribution in [0, 0.1) is 10.1 Å². The van der Waals surface area contributed by atoms with E-state index in [9.17, 15) is 18.5 Å². The average molecular weight is 304 g/mol. The van der Waals surface area contributed by atoms with Crippen molar-refractivity contribution in [1.29, 1.82) is 0 Å². The van der Waals surface area contributed by atoms with Crippen molar-refractivity contribution in [3.05, 3.63) is 28.3 Å². The molecule has 0 bridgehead atoms. The molecule has 0 amide bonds. The summed E-state index contributed by atoms with van der Waals surface area (Å²) in [5, 5.41) is 28.5. The highest BCUT2D eigenvalue weighted by Gasteiger charge is 2.23. The summed E-state index contributed by atoms with van der Waals surface area (Å²) >= 11 is 0. The van der Waals surface area contributed by atoms with Gasteiger partial charge in [0.2, 0.25) is 0 Å². The largest absolute Gasteiger partial charge is 0.395 e. The summed E-state index contributed by atoms with van der Waals surface area (Å²) in [4.78, 5) is 11.3. The first-order valence-electron chi connectivity index (χ1n) is 5.77. The SMILES string of the molecule is CN(CCO)c1ccc([N+](=O)[O-])cc1S(=O)(=O)CCO. The third-order valence-electron chi connectivity index (χ3n) is 2.70. The van der Waals surface area contributed by atoms with Gasteiger partial charge in [-0.2, -0.15) is 0 Å². The molecule has 8 nitrogen and oxygen atoms in total. The van der Waals surface area contributed by atoms with Crippen LogP contribution in [0.15, 0.2) is 23.1 Å². The minimum atomic E-state index is -3.84. The number of benzene rings is 1. The van der Waals surface area contributed by atoms with E-state index in [1.54, 1.807) is 7.05 Å². The maximum atomic E-state index is 12.1. The highest BCUT2D eigenvalue weighted by molar-refractivity contribution is 7.91. The third kappa shape index (κ3) is 3.65. The Bertz CT molecular complexity index is 587. The number of nitro groups is 1. The van der Waals surface area contributed by atoms with Crippen LogP contribution in [0.5, 0.6) is 0 Å². The molecule has 0 aliphatic rings. The van der Waals surface area contributed by atoms with Crippen LogP contribution in [0.25, 0.3) is 0 Å². The van der Waals surface area contributed by atoms with Crippen molar-refractivity contribution in [3.8, 4) is 0 Å². The first-order chi connectivity index (χ1) is 9.33. The Morgan fingerprint density at radius 3 is 2.45 bits per heavy atom. The summed E-state index contributed by atoms with van der Waals surface area (Å²) in [5.74, 6) is -0.520. The van der Waals surface area contributed by atoms with Gasteiger partial charge in [0.05, 0.1) is 34.5 Å². The van der Waals surface area contributed by atoms with Crippen LogP contribution in [0.4, 0.5) is 11.4 Å². The van der Waals surface area contributed by atoms with E-state index in [4.69, 9.17) is 10.2 Å². The Balaban J connectivity index is 3.41. The number of rotatable bonds is 7. The molecule has 0 aliphatic heterocycles. The van der Waals surface area contributed by atoms with Gasteiger partial charge in [0.1, 0.15) is 0 Å². The number of hydrogen-bond acceptors (Lipinski definition) is 7. The lowest BCUT2D eigenvalue weighted by Gasteiger charge is -2.21. The molecule has 0 atom stereocenters. The molecule has 0 radical (unpaired) electrons. The Labute approximate surface area is 116 Å². The summed E-state index contributed by atoms with van der Waals surface area (Å²) in [7, 11) is -2.27. The van der Waals surface area contributed by atoms with E-state index in [2.05, 4.69) is 0 Å². The number of non-ortho nitro benzene ring substituents is 1. The Kier molecular flexibility index (Phi) is 5.43. The number of aliphatic hydroxyl groups excluding tert-OH is 2. The number of nitrogens with zero attached hydrogens (tertiary/aromatic N) is 2. The van der Waals surface area contributed by atoms with Crippen LogP contribution in [0.1, 0.15) is 0 Å². The second-order valence-electron chi connectivity index (χ2n) is 4.10. The lowest BCUT2D eigenvalue weighted by atomic mass is 10.2. The molecule has 0 saturated heterocycles. The fourth-order valence-corrected chi connectivity index (χ4v) is 2.98. The Hall–Kier alpha value is -1.71. The van der Waals surface area contributed by atoms with Crippen LogP contribution < -0.4 is 4.90 Å². The number of nitro benzene ring substituents is 1. The van der Waals surface area contributed by atoms with Gasteiger partial charge in [-0.25, -0.2) is 8.42 Å². The van der Waals surface area contributed by atoms with E-state index >= 15 is 0 Å². The van der Waals surface area contributed by atoms with Gasteiger partial charge in [0.25, 0.3) is 5.69 Å². The van der Waals surface area contributed by atoms with Crippen molar-refractivity contribution < 1.29 is 23.6 Å². The molecule has 20 heavy (non-hydrogen) atoms. The standard InChI is InChI=1S/C11H16N2O6S/c1-12(4-5-14)10-3-2-9(13(16)17)8-11(10)20(18,19)7-6-15/h2-3,8,14-15H,4-7H2,1H3. The van der Waals surface area contributed by atoms with Crippen LogP contribution in [0.3, 0.4) is 0 Å². The number of anilines is 1. The molecule has 9 heteroatoms. The lowest BCUT2D eigenvalue weighted by Crippen LogP contribution is -2.24. The zero-order valence-corrected chi connectivity index (χ0v) is 11.7. The van der Waals surface area contributed by atoms with Crippen molar-refractivity contribution in [2.75, 3.05) is 37.5 Å². The second kappa shape index (κ2) is 6.64. The minimum Gasteiger partial charge on any atom is -0.395 e. The van der Waals surface area contributed by atoms with Gasteiger partial charge in [-0.1, -0.05) is 0 Å². The van der Waals surface area contributed by atoms with E-state index in [0.717, 1.165) is 6.07 Å². The van der Waals surface area contributed by atoms with Gasteiger partial charge in [-0.3, -0.25) is 10.1 Å². The zero-order chi connectivity index (χ0) is 15.3. The van der Waals surface area contributed by atoms with Crippen LogP contribution in [0.2, 0.25) is 0 Å². The minimum absolute atomic E-state index is 0.180. The molecule has 0 saturated carbocycles. The number of hydrogen-bond donors (Lipinski definition) is 2. The quantitative estimate of drug-likeness (QED) is 0.528. The molecular formula is C11H16N2O6S. The molecule has 1 aromatic rings. The second-order valence-corrected chi connectivity index (χ2v) is 6.17. The molecule has 0 unspecified atom stereocenters. The van der Waals surface area contributed by atoms with Gasteiger partial charge in [-0.05, 0) is 6.07 Å². The first-order valence-corrected chi connectivity index (χ1v) is 7.42. The average Bonchev–Trinajstić information content (AvgIpc) is 2.38. The molecule has 0 spiro atoms. The summed E-state index contributed by atoms with van der Waals surface area (Å²) in [6, 6.07) is 3.48. The van der Waals surface area contributed by atoms with Crippen molar-refractivity contribution in [2.24, 2.45) is 0 Å². The molecule has 0 fully saturated rings. The molecule has 1 rings (SSSR count). The van der Waals surface area contributed by atoms with E-state index < -0.39 is 27.1 Å². The fraction of sp³-hybridized carbons (Fsp3) is 0.455. The normalized spacial score (nSPS) is 11.3. The molecule has 0 aromatic heterocycles. The van der Waals surface area contributed by atoms with Gasteiger partial charge in [0.15, 0.2) is 9.84 Å². The number of likely N-dealkylation sites (N-methyl/N-ethyl adjacent to an activating group) is 1. The van der Waals surface area contributed by atoms with Crippen LogP contribution >= 0.6 is 0 Å². The zero-order valence-electron chi connectivity index (χ0n) is 10.9. The summed E-state index contributed by atoms with van der Waals surface area (Å²) in [5.41, 5.74) is -0.0965. The van der Waals surface area contributed by atoms with E-state index in [0.29, 0.717) is 0 Å². The van der Waals surface area contributed by atoms with E-state index in [1.165, 1.54) is 17.0 Å². The van der Waals surface area contributed by atoms with Crippen molar-refractivity contribution in [3.63, 3.8) is 0 Å². The maximum Gasteiger partial charge on any atom is 0.270 e. The Morgan fingerprint density at radius 2 is 1.95 bits per heavy atom. The summed E-state index contributed by atoms with van der Waals surface area (Å²) in [6.07, 6.45) is 0. The molecule has 2 N–H and O–H groups in total. The van der Waals surface area contributed by atoms with Crippen LogP contribution in [-0.2, 0) is 9.84 Å². The van der Waals surface area contributed by atoms with Crippen molar-refractivity contribution >= 4 is 21.2 Å². The summed E-state index contributed by atoms with van der Waals surface area (Å²) in [6.45, 7) is -0.583. The first kappa shape index (κ1) is 16.3. The van der Waals surface area contributed by atoms with Gasteiger partial charge in [-0.15, -0.1) is 0 Å². The summed E-state index contributed by atoms with van der Waals surface area (Å²) < 4.78 is 24.1. The topological polar surface area (TPSA) is 121 Å². The molecule has 1 aromatic carbocycles. The predicted molar refractivity (Wildman–Crippen MR) is 72.6 cm³/mol. The fourth-order valence-electron chi connectivity index (χ4n) is 1.68. The van der Waals surface area contributed by atoms with Gasteiger partial charge in [0, 0.05) is 25.7 Å². The van der Waals surface area contributed by atoms with E-state index in [1.807, 2.05) is 0 Å². The maximum absolute atomic E-state index is 12.1. The predicted octanol–water partition coefficient (Wildman–Crippen LogP) is -0.211. The monoisotopic (exact) mass is 304 g/mol. The third-order valence-corrected chi connectivity index (χ3v) is 4.41.